The highest BCUT2D eigenvalue weighted by molar-refractivity contribution is 5.71. The lowest BCUT2D eigenvalue weighted by molar-refractivity contribution is -0.145. The Hall–Kier alpha value is -1.43. The standard InChI is InChI=1S/C14H20N2.C3H6O3/c1-13(15)10-16(11-14(13)7-8-14)9-12-5-3-2-4-6-12;1-2(4)3(5)6/h2-6H,7-11,15H2,1H3;2,4H,1H3,(H,5,6)/t13-;2-/m11/s1. The number of nitrogens with zero attached hydrogens (tertiary/aromatic N) is 1. The average Bonchev–Trinajstić information content (AvgIpc) is 3.16. The molecule has 1 saturated carbocycles. The number of rotatable bonds is 3. The molecule has 2 aliphatic rings. The molecule has 5 nitrogen and oxygen atoms in total. The Kier molecular flexibility index (Phi) is 4.90. The normalized spacial score (nSPS) is 27.1. The molecular weight excluding hydrogens is 280 g/mol. The van der Waals surface area contributed by atoms with Gasteiger partial charge in [-0.25, -0.2) is 4.79 Å². The fraction of sp³-hybridized carbons (Fsp3) is 0.588. The van der Waals surface area contributed by atoms with Crippen molar-refractivity contribution in [3.8, 4) is 0 Å². The third-order valence-electron chi connectivity index (χ3n) is 4.75. The summed E-state index contributed by atoms with van der Waals surface area (Å²) in [6.45, 7) is 6.71. The van der Waals surface area contributed by atoms with E-state index in [9.17, 15) is 4.79 Å². The van der Waals surface area contributed by atoms with Gasteiger partial charge in [0.25, 0.3) is 0 Å². The molecule has 3 rings (SSSR count). The minimum absolute atomic E-state index is 0.0295. The lowest BCUT2D eigenvalue weighted by Gasteiger charge is -2.25. The van der Waals surface area contributed by atoms with Gasteiger partial charge in [-0.05, 0) is 32.3 Å². The van der Waals surface area contributed by atoms with Crippen molar-refractivity contribution in [1.82, 2.24) is 4.90 Å². The van der Waals surface area contributed by atoms with Gasteiger partial charge >= 0.3 is 5.97 Å². The highest BCUT2D eigenvalue weighted by Gasteiger charge is 2.59. The molecule has 1 aliphatic heterocycles. The van der Waals surface area contributed by atoms with Crippen LogP contribution in [-0.4, -0.2) is 45.8 Å². The van der Waals surface area contributed by atoms with E-state index in [4.69, 9.17) is 15.9 Å². The van der Waals surface area contributed by atoms with Crippen molar-refractivity contribution < 1.29 is 15.0 Å². The first kappa shape index (κ1) is 16.9. The Bertz CT molecular complexity index is 504. The molecule has 1 aromatic carbocycles. The zero-order valence-electron chi connectivity index (χ0n) is 13.3. The Morgan fingerprint density at radius 2 is 1.86 bits per heavy atom. The second kappa shape index (κ2) is 6.36. The summed E-state index contributed by atoms with van der Waals surface area (Å²) in [5, 5.41) is 15.8. The molecule has 122 valence electrons. The van der Waals surface area contributed by atoms with Crippen molar-refractivity contribution >= 4 is 5.97 Å². The third kappa shape index (κ3) is 3.85. The maximum absolute atomic E-state index is 9.45. The summed E-state index contributed by atoms with van der Waals surface area (Å²) in [5.74, 6) is -1.19. The minimum Gasteiger partial charge on any atom is -0.479 e. The van der Waals surface area contributed by atoms with Crippen molar-refractivity contribution in [3.05, 3.63) is 35.9 Å². The molecule has 1 aliphatic carbocycles. The number of carbonyl (C=O) groups is 1. The Morgan fingerprint density at radius 3 is 2.27 bits per heavy atom. The highest BCUT2D eigenvalue weighted by Crippen LogP contribution is 2.57. The van der Waals surface area contributed by atoms with E-state index >= 15 is 0 Å². The lowest BCUT2D eigenvalue weighted by Crippen LogP contribution is -2.45. The molecule has 4 N–H and O–H groups in total. The monoisotopic (exact) mass is 306 g/mol. The summed E-state index contributed by atoms with van der Waals surface area (Å²) < 4.78 is 0. The summed E-state index contributed by atoms with van der Waals surface area (Å²) in [7, 11) is 0. The molecule has 0 bridgehead atoms. The number of benzene rings is 1. The van der Waals surface area contributed by atoms with E-state index in [0.717, 1.165) is 13.1 Å². The van der Waals surface area contributed by atoms with E-state index in [1.54, 1.807) is 0 Å². The van der Waals surface area contributed by atoms with E-state index in [1.807, 2.05) is 0 Å². The van der Waals surface area contributed by atoms with Crippen LogP contribution in [0.5, 0.6) is 0 Å². The van der Waals surface area contributed by atoms with E-state index in [1.165, 1.54) is 31.9 Å². The van der Waals surface area contributed by atoms with Crippen LogP contribution < -0.4 is 5.73 Å². The summed E-state index contributed by atoms with van der Waals surface area (Å²) in [6, 6.07) is 10.7. The molecule has 0 unspecified atom stereocenters. The SMILES string of the molecule is C[C@@H](O)C(=O)O.C[C@@]1(N)CN(Cc2ccccc2)CC12CC2. The van der Waals surface area contributed by atoms with Gasteiger partial charge in [0.2, 0.25) is 0 Å². The van der Waals surface area contributed by atoms with Crippen LogP contribution >= 0.6 is 0 Å². The molecule has 0 radical (unpaired) electrons. The quantitative estimate of drug-likeness (QED) is 0.787. The summed E-state index contributed by atoms with van der Waals surface area (Å²) in [6.07, 6.45) is 1.42. The van der Waals surface area contributed by atoms with Crippen molar-refractivity contribution in [2.75, 3.05) is 13.1 Å². The molecule has 1 saturated heterocycles. The Morgan fingerprint density at radius 1 is 1.32 bits per heavy atom. The number of aliphatic hydroxyl groups is 1. The average molecular weight is 306 g/mol. The molecule has 1 spiro atoms. The highest BCUT2D eigenvalue weighted by atomic mass is 16.4. The molecule has 22 heavy (non-hydrogen) atoms. The Labute approximate surface area is 131 Å². The van der Waals surface area contributed by atoms with Crippen molar-refractivity contribution in [2.45, 2.75) is 44.9 Å². The number of likely N-dealkylation sites (tertiary alicyclic amines) is 1. The Balaban J connectivity index is 0.000000254. The first-order chi connectivity index (χ1) is 10.3. The van der Waals surface area contributed by atoms with Crippen LogP contribution in [0.15, 0.2) is 30.3 Å². The topological polar surface area (TPSA) is 86.8 Å². The van der Waals surface area contributed by atoms with Gasteiger partial charge in [-0.1, -0.05) is 30.3 Å². The van der Waals surface area contributed by atoms with Gasteiger partial charge in [0, 0.05) is 30.6 Å². The first-order valence-corrected chi connectivity index (χ1v) is 7.72. The van der Waals surface area contributed by atoms with E-state index in [-0.39, 0.29) is 5.54 Å². The number of carboxylic acid groups (broad SMARTS) is 1. The summed E-state index contributed by atoms with van der Waals surface area (Å²) in [4.78, 5) is 12.0. The second-order valence-electron chi connectivity index (χ2n) is 6.84. The smallest absolute Gasteiger partial charge is 0.332 e. The van der Waals surface area contributed by atoms with Crippen LogP contribution in [0.3, 0.4) is 0 Å². The van der Waals surface area contributed by atoms with Crippen LogP contribution in [0.2, 0.25) is 0 Å². The second-order valence-corrected chi connectivity index (χ2v) is 6.84. The predicted octanol–water partition coefficient (Wildman–Crippen LogP) is 1.45. The zero-order valence-corrected chi connectivity index (χ0v) is 13.3. The van der Waals surface area contributed by atoms with E-state index in [2.05, 4.69) is 42.2 Å². The van der Waals surface area contributed by atoms with Gasteiger partial charge in [0.05, 0.1) is 0 Å². The van der Waals surface area contributed by atoms with E-state index in [0.29, 0.717) is 5.41 Å². The first-order valence-electron chi connectivity index (χ1n) is 7.72. The molecule has 1 heterocycles. The molecule has 1 aromatic rings. The minimum atomic E-state index is -1.23. The number of hydrogen-bond acceptors (Lipinski definition) is 4. The fourth-order valence-electron chi connectivity index (χ4n) is 3.13. The van der Waals surface area contributed by atoms with Crippen LogP contribution in [-0.2, 0) is 11.3 Å². The van der Waals surface area contributed by atoms with Gasteiger partial charge in [-0.15, -0.1) is 0 Å². The predicted molar refractivity (Wildman–Crippen MR) is 85.3 cm³/mol. The molecule has 2 atom stereocenters. The van der Waals surface area contributed by atoms with Crippen LogP contribution in [0.1, 0.15) is 32.3 Å². The molecular formula is C17H26N2O3. The van der Waals surface area contributed by atoms with Crippen molar-refractivity contribution in [3.63, 3.8) is 0 Å². The van der Waals surface area contributed by atoms with E-state index < -0.39 is 12.1 Å². The van der Waals surface area contributed by atoms with Crippen molar-refractivity contribution in [2.24, 2.45) is 11.1 Å². The van der Waals surface area contributed by atoms with Crippen LogP contribution in [0.25, 0.3) is 0 Å². The lowest BCUT2D eigenvalue weighted by atomic mass is 9.87. The molecule has 5 heteroatoms. The zero-order chi connectivity index (χ0) is 16.4. The number of carboxylic acids is 1. The van der Waals surface area contributed by atoms with Crippen LogP contribution in [0.4, 0.5) is 0 Å². The fourth-order valence-corrected chi connectivity index (χ4v) is 3.13. The number of nitrogens with two attached hydrogens (primary N) is 1. The van der Waals surface area contributed by atoms with Gasteiger partial charge in [-0.2, -0.15) is 0 Å². The largest absolute Gasteiger partial charge is 0.479 e. The van der Waals surface area contributed by atoms with Crippen molar-refractivity contribution in [1.29, 1.82) is 0 Å². The molecule has 0 amide bonds. The number of aliphatic hydroxyl groups excluding tert-OH is 1. The molecule has 2 fully saturated rings. The van der Waals surface area contributed by atoms with Gasteiger partial charge in [-0.3, -0.25) is 4.90 Å². The molecule has 0 aromatic heterocycles. The summed E-state index contributed by atoms with van der Waals surface area (Å²) in [5.41, 5.74) is 8.30. The maximum Gasteiger partial charge on any atom is 0.332 e. The van der Waals surface area contributed by atoms with Crippen LogP contribution in [0, 0.1) is 5.41 Å². The summed E-state index contributed by atoms with van der Waals surface area (Å²) >= 11 is 0. The number of hydrogen-bond donors (Lipinski definition) is 3. The third-order valence-corrected chi connectivity index (χ3v) is 4.75. The van der Waals surface area contributed by atoms with Gasteiger partial charge < -0.3 is 15.9 Å². The maximum atomic E-state index is 9.45. The van der Waals surface area contributed by atoms with Gasteiger partial charge in [0.1, 0.15) is 6.10 Å². The van der Waals surface area contributed by atoms with Gasteiger partial charge in [0.15, 0.2) is 0 Å². The number of aliphatic carboxylic acids is 1.